The van der Waals surface area contributed by atoms with Crippen molar-refractivity contribution >= 4 is 38.3 Å². The highest BCUT2D eigenvalue weighted by Gasteiger charge is 2.09. The van der Waals surface area contributed by atoms with Gasteiger partial charge in [0.2, 0.25) is 0 Å². The first-order valence-corrected chi connectivity index (χ1v) is 6.98. The number of rotatable bonds is 2. The monoisotopic (exact) mass is 283 g/mol. The van der Waals surface area contributed by atoms with Crippen LogP contribution in [0.25, 0.3) is 10.2 Å². The van der Waals surface area contributed by atoms with Crippen molar-refractivity contribution in [3.63, 3.8) is 0 Å². The average Bonchev–Trinajstić information content (AvgIpc) is 2.78. The predicted molar refractivity (Wildman–Crippen MR) is 83.2 cm³/mol. The van der Waals surface area contributed by atoms with Gasteiger partial charge in [-0.25, -0.2) is 4.98 Å². The van der Waals surface area contributed by atoms with Gasteiger partial charge in [-0.1, -0.05) is 29.5 Å². The summed E-state index contributed by atoms with van der Waals surface area (Å²) in [6.07, 6.45) is 0. The number of amides is 1. The maximum atomic E-state index is 12.2. The van der Waals surface area contributed by atoms with E-state index in [9.17, 15) is 4.79 Å². The van der Waals surface area contributed by atoms with E-state index in [1.807, 2.05) is 49.4 Å². The zero-order chi connectivity index (χ0) is 14.1. The largest absolute Gasteiger partial charge is 0.375 e. The molecule has 1 aromatic heterocycles. The van der Waals surface area contributed by atoms with Crippen molar-refractivity contribution in [2.75, 3.05) is 11.1 Å². The second kappa shape index (κ2) is 4.94. The van der Waals surface area contributed by atoms with Gasteiger partial charge in [0, 0.05) is 11.3 Å². The van der Waals surface area contributed by atoms with Gasteiger partial charge >= 0.3 is 0 Å². The summed E-state index contributed by atoms with van der Waals surface area (Å²) < 4.78 is 1.01. The molecule has 0 radical (unpaired) electrons. The van der Waals surface area contributed by atoms with Crippen LogP contribution in [-0.2, 0) is 0 Å². The van der Waals surface area contributed by atoms with Gasteiger partial charge < -0.3 is 11.1 Å². The van der Waals surface area contributed by atoms with Crippen LogP contribution in [0.5, 0.6) is 0 Å². The standard InChI is InChI=1S/C15H13N3OS/c1-9-4-2-3-5-11(9)14(19)17-10-6-7-13-12(8-10)18-15(16)20-13/h2-8H,1H3,(H2,16,18)(H,17,19). The van der Waals surface area contributed by atoms with Gasteiger partial charge in [-0.3, -0.25) is 4.79 Å². The van der Waals surface area contributed by atoms with E-state index in [1.165, 1.54) is 11.3 Å². The van der Waals surface area contributed by atoms with Gasteiger partial charge in [-0.15, -0.1) is 0 Å². The first-order valence-electron chi connectivity index (χ1n) is 6.16. The Morgan fingerprint density at radius 1 is 1.25 bits per heavy atom. The van der Waals surface area contributed by atoms with Gasteiger partial charge in [0.15, 0.2) is 5.13 Å². The fourth-order valence-electron chi connectivity index (χ4n) is 2.05. The smallest absolute Gasteiger partial charge is 0.255 e. The highest BCUT2D eigenvalue weighted by Crippen LogP contribution is 2.26. The van der Waals surface area contributed by atoms with Crippen LogP contribution in [0.15, 0.2) is 42.5 Å². The third-order valence-electron chi connectivity index (χ3n) is 3.05. The number of nitrogens with one attached hydrogen (secondary N) is 1. The van der Waals surface area contributed by atoms with E-state index in [-0.39, 0.29) is 5.91 Å². The molecule has 0 aliphatic carbocycles. The topological polar surface area (TPSA) is 68.0 Å². The highest BCUT2D eigenvalue weighted by molar-refractivity contribution is 7.22. The minimum atomic E-state index is -0.120. The predicted octanol–water partition coefficient (Wildman–Crippen LogP) is 3.44. The lowest BCUT2D eigenvalue weighted by Gasteiger charge is -2.07. The van der Waals surface area contributed by atoms with Crippen LogP contribution >= 0.6 is 11.3 Å². The number of hydrogen-bond acceptors (Lipinski definition) is 4. The molecule has 3 aromatic rings. The summed E-state index contributed by atoms with van der Waals surface area (Å²) >= 11 is 1.43. The number of thiazole rings is 1. The van der Waals surface area contributed by atoms with E-state index in [1.54, 1.807) is 0 Å². The Bertz CT molecular complexity index is 795. The number of nitrogen functional groups attached to an aromatic ring is 1. The molecule has 4 nitrogen and oxygen atoms in total. The van der Waals surface area contributed by atoms with Crippen LogP contribution in [0.4, 0.5) is 10.8 Å². The molecular weight excluding hydrogens is 270 g/mol. The Labute approximate surface area is 120 Å². The van der Waals surface area contributed by atoms with Crippen LogP contribution < -0.4 is 11.1 Å². The lowest BCUT2D eigenvalue weighted by Crippen LogP contribution is -2.13. The summed E-state index contributed by atoms with van der Waals surface area (Å²) in [6, 6.07) is 13.1. The lowest BCUT2D eigenvalue weighted by molar-refractivity contribution is 0.102. The molecule has 3 rings (SSSR count). The number of carbonyl (C=O) groups excluding carboxylic acids is 1. The van der Waals surface area contributed by atoms with Crippen molar-refractivity contribution < 1.29 is 4.79 Å². The number of nitrogens with zero attached hydrogens (tertiary/aromatic N) is 1. The molecule has 1 amide bonds. The number of fused-ring (bicyclic) bond motifs is 1. The molecule has 5 heteroatoms. The van der Waals surface area contributed by atoms with Gasteiger partial charge in [0.05, 0.1) is 10.2 Å². The number of aryl methyl sites for hydroxylation is 1. The number of hydrogen-bond donors (Lipinski definition) is 2. The molecule has 0 spiro atoms. The van der Waals surface area contributed by atoms with Crippen LogP contribution in [0.2, 0.25) is 0 Å². The van der Waals surface area contributed by atoms with Crippen molar-refractivity contribution in [3.05, 3.63) is 53.6 Å². The lowest BCUT2D eigenvalue weighted by atomic mass is 10.1. The molecular formula is C15H13N3OS. The molecule has 0 aliphatic heterocycles. The maximum Gasteiger partial charge on any atom is 0.255 e. The molecule has 0 fully saturated rings. The molecule has 0 atom stereocenters. The Balaban J connectivity index is 1.89. The van der Waals surface area contributed by atoms with Gasteiger partial charge in [-0.2, -0.15) is 0 Å². The van der Waals surface area contributed by atoms with Crippen molar-refractivity contribution in [2.24, 2.45) is 0 Å². The number of benzene rings is 2. The molecule has 0 saturated carbocycles. The second-order valence-corrected chi connectivity index (χ2v) is 5.57. The second-order valence-electron chi connectivity index (χ2n) is 4.50. The van der Waals surface area contributed by atoms with Crippen LogP contribution in [-0.4, -0.2) is 10.9 Å². The Morgan fingerprint density at radius 2 is 2.05 bits per heavy atom. The summed E-state index contributed by atoms with van der Waals surface area (Å²) in [5.74, 6) is -0.120. The molecule has 0 unspecified atom stereocenters. The molecule has 100 valence electrons. The molecule has 3 N–H and O–H groups in total. The Kier molecular flexibility index (Phi) is 3.12. The normalized spacial score (nSPS) is 10.7. The number of nitrogens with two attached hydrogens (primary N) is 1. The van der Waals surface area contributed by atoms with Crippen molar-refractivity contribution in [1.82, 2.24) is 4.98 Å². The summed E-state index contributed by atoms with van der Waals surface area (Å²) in [6.45, 7) is 1.92. The molecule has 0 saturated heterocycles. The van der Waals surface area contributed by atoms with E-state index in [2.05, 4.69) is 10.3 Å². The Hall–Kier alpha value is -2.40. The minimum absolute atomic E-state index is 0.120. The van der Waals surface area contributed by atoms with Crippen LogP contribution in [0.1, 0.15) is 15.9 Å². The summed E-state index contributed by atoms with van der Waals surface area (Å²) in [5.41, 5.74) is 8.81. The summed E-state index contributed by atoms with van der Waals surface area (Å²) in [7, 11) is 0. The van der Waals surface area contributed by atoms with Crippen molar-refractivity contribution in [2.45, 2.75) is 6.92 Å². The van der Waals surface area contributed by atoms with E-state index in [4.69, 9.17) is 5.73 Å². The van der Waals surface area contributed by atoms with Gasteiger partial charge in [-0.05, 0) is 36.8 Å². The average molecular weight is 283 g/mol. The number of carbonyl (C=O) groups is 1. The summed E-state index contributed by atoms with van der Waals surface area (Å²) in [4.78, 5) is 16.4. The quantitative estimate of drug-likeness (QED) is 0.757. The number of aromatic nitrogens is 1. The summed E-state index contributed by atoms with van der Waals surface area (Å²) in [5, 5.41) is 3.42. The van der Waals surface area contributed by atoms with E-state index < -0.39 is 0 Å². The Morgan fingerprint density at radius 3 is 2.85 bits per heavy atom. The molecule has 2 aromatic carbocycles. The molecule has 20 heavy (non-hydrogen) atoms. The van der Waals surface area contributed by atoms with Crippen molar-refractivity contribution in [3.8, 4) is 0 Å². The molecule has 0 bridgehead atoms. The molecule has 0 aliphatic rings. The maximum absolute atomic E-state index is 12.2. The van der Waals surface area contributed by atoms with Gasteiger partial charge in [0.25, 0.3) is 5.91 Å². The fraction of sp³-hybridized carbons (Fsp3) is 0.0667. The first-order chi connectivity index (χ1) is 9.63. The third kappa shape index (κ3) is 2.35. The van der Waals surface area contributed by atoms with Gasteiger partial charge in [0.1, 0.15) is 0 Å². The molecule has 1 heterocycles. The zero-order valence-corrected chi connectivity index (χ0v) is 11.7. The highest BCUT2D eigenvalue weighted by atomic mass is 32.1. The van der Waals surface area contributed by atoms with E-state index >= 15 is 0 Å². The van der Waals surface area contributed by atoms with Crippen LogP contribution in [0, 0.1) is 6.92 Å². The SMILES string of the molecule is Cc1ccccc1C(=O)Nc1ccc2sc(N)nc2c1. The fourth-order valence-corrected chi connectivity index (χ4v) is 2.76. The zero-order valence-electron chi connectivity index (χ0n) is 10.9. The van der Waals surface area contributed by atoms with E-state index in [0.29, 0.717) is 10.7 Å². The third-order valence-corrected chi connectivity index (χ3v) is 3.92. The van der Waals surface area contributed by atoms with Crippen LogP contribution in [0.3, 0.4) is 0 Å². The minimum Gasteiger partial charge on any atom is -0.375 e. The van der Waals surface area contributed by atoms with E-state index in [0.717, 1.165) is 21.5 Å². The van der Waals surface area contributed by atoms with Crippen molar-refractivity contribution in [1.29, 1.82) is 0 Å². The first kappa shape index (κ1) is 12.6. The number of anilines is 2.